The number of nitrogens with zero attached hydrogens (tertiary/aromatic N) is 1. The summed E-state index contributed by atoms with van der Waals surface area (Å²) in [6.45, 7) is 3.14. The normalized spacial score (nSPS) is 30.5. The van der Waals surface area contributed by atoms with Crippen molar-refractivity contribution in [2.45, 2.75) is 24.9 Å². The Hall–Kier alpha value is -1.51. The van der Waals surface area contributed by atoms with Gasteiger partial charge in [0.15, 0.2) is 0 Å². The molecule has 2 aliphatic heterocycles. The first-order valence-electron chi connectivity index (χ1n) is 5.59. The van der Waals surface area contributed by atoms with Crippen molar-refractivity contribution in [3.05, 3.63) is 23.8 Å². The van der Waals surface area contributed by atoms with E-state index in [1.165, 1.54) is 5.56 Å². The molecule has 0 amide bonds. The Labute approximate surface area is 95.1 Å². The summed E-state index contributed by atoms with van der Waals surface area (Å²) in [6, 6.07) is 6.08. The van der Waals surface area contributed by atoms with E-state index in [9.17, 15) is 0 Å². The average Bonchev–Trinajstić information content (AvgIpc) is 2.61. The third-order valence-electron chi connectivity index (χ3n) is 3.69. The molecule has 2 aliphatic rings. The smallest absolute Gasteiger partial charge is 0.143 e. The summed E-state index contributed by atoms with van der Waals surface area (Å²) in [4.78, 5) is 4.31. The highest BCUT2D eigenvalue weighted by atomic mass is 16.5. The maximum Gasteiger partial charge on any atom is 0.143 e. The minimum absolute atomic E-state index is 0.0864. The number of ether oxygens (including phenoxy) is 2. The summed E-state index contributed by atoms with van der Waals surface area (Å²) in [6.07, 6.45) is 3.08. The first-order chi connectivity index (χ1) is 7.74. The second-order valence-corrected chi connectivity index (χ2v) is 4.62. The number of hydrogen-bond acceptors (Lipinski definition) is 3. The zero-order valence-electron chi connectivity index (χ0n) is 9.56. The van der Waals surface area contributed by atoms with E-state index in [4.69, 9.17) is 9.47 Å². The van der Waals surface area contributed by atoms with Crippen molar-refractivity contribution in [2.75, 3.05) is 13.7 Å². The van der Waals surface area contributed by atoms with E-state index in [-0.39, 0.29) is 11.5 Å². The first-order valence-corrected chi connectivity index (χ1v) is 5.59. The lowest BCUT2D eigenvalue weighted by atomic mass is 9.75. The van der Waals surface area contributed by atoms with Gasteiger partial charge in [-0.25, -0.2) is 0 Å². The third-order valence-corrected chi connectivity index (χ3v) is 3.69. The Bertz CT molecular complexity index is 455. The molecule has 3 rings (SSSR count). The molecular weight excluding hydrogens is 202 g/mol. The van der Waals surface area contributed by atoms with E-state index >= 15 is 0 Å². The van der Waals surface area contributed by atoms with Gasteiger partial charge in [0.05, 0.1) is 7.11 Å². The summed E-state index contributed by atoms with van der Waals surface area (Å²) in [5.41, 5.74) is 1.37. The molecule has 1 aromatic rings. The molecule has 0 saturated carbocycles. The van der Waals surface area contributed by atoms with Crippen LogP contribution in [0, 0.1) is 0 Å². The topological polar surface area (TPSA) is 30.8 Å². The van der Waals surface area contributed by atoms with Gasteiger partial charge in [-0.3, -0.25) is 4.99 Å². The van der Waals surface area contributed by atoms with Gasteiger partial charge in [0.1, 0.15) is 17.6 Å². The van der Waals surface area contributed by atoms with Crippen molar-refractivity contribution in [2.24, 2.45) is 4.99 Å². The number of benzene rings is 1. The molecule has 0 saturated heterocycles. The number of methoxy groups -OCH3 is 1. The van der Waals surface area contributed by atoms with Crippen LogP contribution in [0.4, 0.5) is 0 Å². The lowest BCUT2D eigenvalue weighted by molar-refractivity contribution is 0.211. The molecule has 0 fully saturated rings. The minimum atomic E-state index is 0.0864. The van der Waals surface area contributed by atoms with Crippen LogP contribution in [0.25, 0.3) is 0 Å². The quantitative estimate of drug-likeness (QED) is 0.722. The fourth-order valence-corrected chi connectivity index (χ4v) is 2.56. The largest absolute Gasteiger partial charge is 0.497 e. The van der Waals surface area contributed by atoms with Gasteiger partial charge in [-0.2, -0.15) is 0 Å². The van der Waals surface area contributed by atoms with Gasteiger partial charge in [0.2, 0.25) is 0 Å². The molecule has 0 aliphatic carbocycles. The van der Waals surface area contributed by atoms with Gasteiger partial charge < -0.3 is 9.47 Å². The third kappa shape index (κ3) is 1.17. The first kappa shape index (κ1) is 9.70. The number of aliphatic imine (C=N–C) groups is 1. The molecule has 0 aromatic heterocycles. The van der Waals surface area contributed by atoms with Crippen molar-refractivity contribution in [3.63, 3.8) is 0 Å². The van der Waals surface area contributed by atoms with E-state index in [1.54, 1.807) is 7.11 Å². The zero-order valence-corrected chi connectivity index (χ0v) is 9.56. The SMILES string of the molecule is COc1ccc2c(c1)OC1C=NCCC21C. The molecule has 0 radical (unpaired) electrons. The van der Waals surface area contributed by atoms with Crippen molar-refractivity contribution in [1.82, 2.24) is 0 Å². The molecule has 0 spiro atoms. The monoisotopic (exact) mass is 217 g/mol. The Kier molecular flexibility index (Phi) is 1.96. The lowest BCUT2D eigenvalue weighted by Crippen LogP contribution is -2.39. The standard InChI is InChI=1S/C13H15NO2/c1-13-5-6-14-8-12(13)16-11-7-9(15-2)3-4-10(11)13/h3-4,7-8,12H,5-6H2,1-2H3. The van der Waals surface area contributed by atoms with Crippen LogP contribution in [0.3, 0.4) is 0 Å². The molecule has 3 heteroatoms. The van der Waals surface area contributed by atoms with E-state index in [2.05, 4.69) is 18.0 Å². The summed E-state index contributed by atoms with van der Waals surface area (Å²) in [5, 5.41) is 0. The highest BCUT2D eigenvalue weighted by Crippen LogP contribution is 2.47. The van der Waals surface area contributed by atoms with E-state index in [1.807, 2.05) is 18.3 Å². The van der Waals surface area contributed by atoms with Crippen LogP contribution in [0.2, 0.25) is 0 Å². The number of fused-ring (bicyclic) bond motifs is 3. The molecule has 0 N–H and O–H groups in total. The molecular formula is C13H15NO2. The van der Waals surface area contributed by atoms with Crippen LogP contribution in [-0.2, 0) is 5.41 Å². The summed E-state index contributed by atoms with van der Waals surface area (Å²) in [7, 11) is 1.67. The van der Waals surface area contributed by atoms with Crippen molar-refractivity contribution >= 4 is 6.21 Å². The van der Waals surface area contributed by atoms with Gasteiger partial charge in [-0.1, -0.05) is 13.0 Å². The highest BCUT2D eigenvalue weighted by molar-refractivity contribution is 5.71. The Morgan fingerprint density at radius 2 is 2.38 bits per heavy atom. The average molecular weight is 217 g/mol. The van der Waals surface area contributed by atoms with Crippen LogP contribution in [-0.4, -0.2) is 26.0 Å². The highest BCUT2D eigenvalue weighted by Gasteiger charge is 2.45. The molecule has 0 bridgehead atoms. The van der Waals surface area contributed by atoms with Gasteiger partial charge in [-0.05, 0) is 12.5 Å². The molecule has 2 heterocycles. The van der Waals surface area contributed by atoms with Crippen LogP contribution in [0.5, 0.6) is 11.5 Å². The summed E-state index contributed by atoms with van der Waals surface area (Å²) < 4.78 is 11.1. The maximum atomic E-state index is 5.93. The minimum Gasteiger partial charge on any atom is -0.497 e. The van der Waals surface area contributed by atoms with Crippen LogP contribution >= 0.6 is 0 Å². The van der Waals surface area contributed by atoms with E-state index in [0.717, 1.165) is 24.5 Å². The van der Waals surface area contributed by atoms with Gasteiger partial charge in [0, 0.05) is 29.8 Å². The second kappa shape index (κ2) is 3.24. The zero-order chi connectivity index (χ0) is 11.2. The Morgan fingerprint density at radius 1 is 1.50 bits per heavy atom. The predicted octanol–water partition coefficient (Wildman–Crippen LogP) is 2.19. The molecule has 1 aromatic carbocycles. The summed E-state index contributed by atoms with van der Waals surface area (Å²) in [5.74, 6) is 1.79. The number of hydrogen-bond donors (Lipinski definition) is 0. The fraction of sp³-hybridized carbons (Fsp3) is 0.462. The van der Waals surface area contributed by atoms with Gasteiger partial charge in [-0.15, -0.1) is 0 Å². The fourth-order valence-electron chi connectivity index (χ4n) is 2.56. The molecule has 16 heavy (non-hydrogen) atoms. The summed E-state index contributed by atoms with van der Waals surface area (Å²) >= 11 is 0. The Morgan fingerprint density at radius 3 is 3.19 bits per heavy atom. The van der Waals surface area contributed by atoms with E-state index in [0.29, 0.717) is 0 Å². The van der Waals surface area contributed by atoms with Crippen molar-refractivity contribution < 1.29 is 9.47 Å². The molecule has 3 nitrogen and oxygen atoms in total. The van der Waals surface area contributed by atoms with Crippen molar-refractivity contribution in [3.8, 4) is 11.5 Å². The van der Waals surface area contributed by atoms with Crippen molar-refractivity contribution in [1.29, 1.82) is 0 Å². The molecule has 2 unspecified atom stereocenters. The molecule has 84 valence electrons. The Balaban J connectivity index is 2.09. The lowest BCUT2D eigenvalue weighted by Gasteiger charge is -2.30. The predicted molar refractivity (Wildman–Crippen MR) is 62.7 cm³/mol. The van der Waals surface area contributed by atoms with Gasteiger partial charge >= 0.3 is 0 Å². The maximum absolute atomic E-state index is 5.93. The van der Waals surface area contributed by atoms with Crippen LogP contribution < -0.4 is 9.47 Å². The number of rotatable bonds is 1. The van der Waals surface area contributed by atoms with E-state index < -0.39 is 0 Å². The second-order valence-electron chi connectivity index (χ2n) is 4.62. The van der Waals surface area contributed by atoms with Gasteiger partial charge in [0.25, 0.3) is 0 Å². The van der Waals surface area contributed by atoms with Crippen LogP contribution in [0.1, 0.15) is 18.9 Å². The van der Waals surface area contributed by atoms with Crippen LogP contribution in [0.15, 0.2) is 23.2 Å². The molecule has 2 atom stereocenters.